The molecule has 1 unspecified atom stereocenters. The van der Waals surface area contributed by atoms with Crippen LogP contribution in [0, 0.1) is 5.41 Å². The van der Waals surface area contributed by atoms with Crippen molar-refractivity contribution in [3.8, 4) is 5.75 Å². The van der Waals surface area contributed by atoms with Gasteiger partial charge in [-0.15, -0.1) is 11.8 Å². The quantitative estimate of drug-likeness (QED) is 0.828. The molecule has 6 heteroatoms. The molecule has 20 heavy (non-hydrogen) atoms. The molecule has 1 aromatic carbocycles. The van der Waals surface area contributed by atoms with Gasteiger partial charge in [0.2, 0.25) is 5.91 Å². The normalized spacial score (nSPS) is 21.9. The molecule has 0 aliphatic carbocycles. The summed E-state index contributed by atoms with van der Waals surface area (Å²) in [5, 5.41) is 18.3. The fraction of sp³-hybridized carbons (Fsp3) is 0.429. The number of benzene rings is 1. The number of phenolic OH excluding ortho intramolecular Hbond substituents is 1. The molecule has 5 nitrogen and oxygen atoms in total. The first-order valence-corrected chi connectivity index (χ1v) is 7.32. The fourth-order valence-corrected chi connectivity index (χ4v) is 2.93. The van der Waals surface area contributed by atoms with Crippen LogP contribution in [0.3, 0.4) is 0 Å². The molecule has 1 saturated heterocycles. The molecule has 0 radical (unpaired) electrons. The van der Waals surface area contributed by atoms with Gasteiger partial charge in [0.25, 0.3) is 0 Å². The lowest BCUT2D eigenvalue weighted by Crippen LogP contribution is -2.35. The van der Waals surface area contributed by atoms with Crippen LogP contribution in [0.2, 0.25) is 0 Å². The average Bonchev–Trinajstić information content (AvgIpc) is 2.82. The topological polar surface area (TPSA) is 77.8 Å². The number of amides is 1. The van der Waals surface area contributed by atoms with Crippen LogP contribution >= 0.6 is 11.8 Å². The van der Waals surface area contributed by atoms with Gasteiger partial charge in [0.1, 0.15) is 5.75 Å². The number of hydrogen-bond donors (Lipinski definition) is 2. The van der Waals surface area contributed by atoms with Crippen molar-refractivity contribution in [2.75, 3.05) is 18.8 Å². The molecule has 0 bridgehead atoms. The minimum atomic E-state index is -0.848. The number of likely N-dealkylation sites (tertiary alicyclic amines) is 1. The molecule has 1 atom stereocenters. The molecule has 2 rings (SSSR count). The van der Waals surface area contributed by atoms with E-state index < -0.39 is 11.4 Å². The van der Waals surface area contributed by atoms with Crippen molar-refractivity contribution in [1.29, 1.82) is 0 Å². The minimum Gasteiger partial charge on any atom is -0.508 e. The molecule has 1 aliphatic heterocycles. The highest BCUT2D eigenvalue weighted by molar-refractivity contribution is 8.00. The Bertz CT molecular complexity index is 516. The molecule has 1 aromatic rings. The van der Waals surface area contributed by atoms with Crippen LogP contribution in [-0.4, -0.2) is 45.8 Å². The predicted octanol–water partition coefficient (Wildman–Crippen LogP) is 1.81. The number of hydrogen-bond acceptors (Lipinski definition) is 4. The van der Waals surface area contributed by atoms with Gasteiger partial charge in [-0.05, 0) is 37.6 Å². The van der Waals surface area contributed by atoms with Crippen LogP contribution in [0.4, 0.5) is 0 Å². The van der Waals surface area contributed by atoms with Gasteiger partial charge in [0.15, 0.2) is 0 Å². The predicted molar refractivity (Wildman–Crippen MR) is 75.8 cm³/mol. The first-order valence-electron chi connectivity index (χ1n) is 6.34. The first kappa shape index (κ1) is 14.7. The third-order valence-corrected chi connectivity index (χ3v) is 4.54. The van der Waals surface area contributed by atoms with Gasteiger partial charge in [0.05, 0.1) is 11.2 Å². The Hall–Kier alpha value is -1.69. The van der Waals surface area contributed by atoms with E-state index in [1.165, 1.54) is 11.8 Å². The van der Waals surface area contributed by atoms with E-state index in [1.807, 2.05) is 0 Å². The number of rotatable bonds is 4. The summed E-state index contributed by atoms with van der Waals surface area (Å²) < 4.78 is 0. The van der Waals surface area contributed by atoms with Crippen molar-refractivity contribution in [3.63, 3.8) is 0 Å². The molecule has 1 amide bonds. The number of aliphatic carboxylic acids is 1. The first-order chi connectivity index (χ1) is 9.40. The number of nitrogens with zero attached hydrogens (tertiary/aromatic N) is 1. The second kappa shape index (κ2) is 5.75. The van der Waals surface area contributed by atoms with E-state index in [2.05, 4.69) is 0 Å². The lowest BCUT2D eigenvalue weighted by molar-refractivity contribution is -0.147. The van der Waals surface area contributed by atoms with Gasteiger partial charge in [-0.25, -0.2) is 0 Å². The summed E-state index contributed by atoms with van der Waals surface area (Å²) in [5.41, 5.74) is -0.821. The van der Waals surface area contributed by atoms with Crippen LogP contribution in [0.15, 0.2) is 29.2 Å². The molecule has 1 fully saturated rings. The number of carboxylic acids is 1. The van der Waals surface area contributed by atoms with Gasteiger partial charge in [-0.2, -0.15) is 0 Å². The summed E-state index contributed by atoms with van der Waals surface area (Å²) in [6.07, 6.45) is 0.498. The standard InChI is InChI=1S/C14H17NO4S/c1-14(13(18)19)6-7-15(9-14)12(17)8-20-11-4-2-10(16)3-5-11/h2-5,16H,6-9H2,1H3,(H,18,19). The maximum absolute atomic E-state index is 12.1. The monoisotopic (exact) mass is 295 g/mol. The molecule has 1 aliphatic rings. The Kier molecular flexibility index (Phi) is 4.23. The van der Waals surface area contributed by atoms with E-state index in [0.717, 1.165) is 4.90 Å². The molecule has 108 valence electrons. The maximum Gasteiger partial charge on any atom is 0.311 e. The highest BCUT2D eigenvalue weighted by Gasteiger charge is 2.41. The van der Waals surface area contributed by atoms with Crippen LogP contribution in [0.25, 0.3) is 0 Å². The summed E-state index contributed by atoms with van der Waals surface area (Å²) in [7, 11) is 0. The Morgan fingerprint density at radius 1 is 1.35 bits per heavy atom. The van der Waals surface area contributed by atoms with Gasteiger partial charge >= 0.3 is 5.97 Å². The van der Waals surface area contributed by atoms with Crippen molar-refractivity contribution in [2.24, 2.45) is 5.41 Å². The highest BCUT2D eigenvalue weighted by atomic mass is 32.2. The minimum absolute atomic E-state index is 0.0481. The lowest BCUT2D eigenvalue weighted by atomic mass is 9.90. The SMILES string of the molecule is CC1(C(=O)O)CCN(C(=O)CSc2ccc(O)cc2)C1. The average molecular weight is 295 g/mol. The van der Waals surface area contributed by atoms with Crippen molar-refractivity contribution < 1.29 is 19.8 Å². The Morgan fingerprint density at radius 3 is 2.55 bits per heavy atom. The summed E-state index contributed by atoms with van der Waals surface area (Å²) in [6.45, 7) is 2.45. The Balaban J connectivity index is 1.87. The summed E-state index contributed by atoms with van der Waals surface area (Å²) in [4.78, 5) is 25.7. The summed E-state index contributed by atoms with van der Waals surface area (Å²) >= 11 is 1.38. The Morgan fingerprint density at radius 2 is 2.00 bits per heavy atom. The molecular formula is C14H17NO4S. The molecular weight excluding hydrogens is 278 g/mol. The van der Waals surface area contributed by atoms with E-state index in [4.69, 9.17) is 5.11 Å². The molecule has 0 saturated carbocycles. The third kappa shape index (κ3) is 3.25. The second-order valence-electron chi connectivity index (χ2n) is 5.21. The van der Waals surface area contributed by atoms with E-state index in [9.17, 15) is 14.7 Å². The summed E-state index contributed by atoms with van der Waals surface area (Å²) in [6, 6.07) is 6.64. The highest BCUT2D eigenvalue weighted by Crippen LogP contribution is 2.31. The van der Waals surface area contributed by atoms with Gasteiger partial charge in [-0.3, -0.25) is 9.59 Å². The van der Waals surface area contributed by atoms with E-state index in [0.29, 0.717) is 13.0 Å². The van der Waals surface area contributed by atoms with Crippen LogP contribution in [0.1, 0.15) is 13.3 Å². The molecule has 0 spiro atoms. The van der Waals surface area contributed by atoms with E-state index >= 15 is 0 Å². The second-order valence-corrected chi connectivity index (χ2v) is 6.26. The maximum atomic E-state index is 12.1. The van der Waals surface area contributed by atoms with Crippen molar-refractivity contribution in [1.82, 2.24) is 4.90 Å². The van der Waals surface area contributed by atoms with Crippen LogP contribution in [0.5, 0.6) is 5.75 Å². The van der Waals surface area contributed by atoms with Crippen LogP contribution < -0.4 is 0 Å². The summed E-state index contributed by atoms with van der Waals surface area (Å²) in [5.74, 6) is -0.426. The largest absolute Gasteiger partial charge is 0.508 e. The van der Waals surface area contributed by atoms with Crippen molar-refractivity contribution in [2.45, 2.75) is 18.2 Å². The molecule has 0 aromatic heterocycles. The van der Waals surface area contributed by atoms with Gasteiger partial charge < -0.3 is 15.1 Å². The van der Waals surface area contributed by atoms with Crippen molar-refractivity contribution >= 4 is 23.6 Å². The number of thioether (sulfide) groups is 1. The number of aromatic hydroxyl groups is 1. The zero-order chi connectivity index (χ0) is 14.8. The molecule has 1 heterocycles. The van der Waals surface area contributed by atoms with Gasteiger partial charge in [-0.1, -0.05) is 0 Å². The van der Waals surface area contributed by atoms with Crippen molar-refractivity contribution in [3.05, 3.63) is 24.3 Å². The molecule has 2 N–H and O–H groups in total. The zero-order valence-corrected chi connectivity index (χ0v) is 12.0. The lowest BCUT2D eigenvalue weighted by Gasteiger charge is -2.20. The smallest absolute Gasteiger partial charge is 0.311 e. The third-order valence-electron chi connectivity index (χ3n) is 3.54. The van der Waals surface area contributed by atoms with Gasteiger partial charge in [0, 0.05) is 18.0 Å². The van der Waals surface area contributed by atoms with Crippen LogP contribution in [-0.2, 0) is 9.59 Å². The number of carbonyl (C=O) groups excluding carboxylic acids is 1. The Labute approximate surface area is 121 Å². The van der Waals surface area contributed by atoms with E-state index in [-0.39, 0.29) is 24.0 Å². The number of carbonyl (C=O) groups is 2. The number of phenols is 1. The zero-order valence-electron chi connectivity index (χ0n) is 11.2. The van der Waals surface area contributed by atoms with E-state index in [1.54, 1.807) is 36.1 Å². The fourth-order valence-electron chi connectivity index (χ4n) is 2.13. The number of carboxylic acid groups (broad SMARTS) is 1.